The van der Waals surface area contributed by atoms with Gasteiger partial charge in [-0.15, -0.1) is 11.6 Å². The molecule has 0 saturated heterocycles. The highest BCUT2D eigenvalue weighted by Crippen LogP contribution is 2.63. The van der Waals surface area contributed by atoms with Gasteiger partial charge in [0.15, 0.2) is 5.17 Å². The van der Waals surface area contributed by atoms with E-state index in [0.29, 0.717) is 11.8 Å². The zero-order valence-corrected chi connectivity index (χ0v) is 12.5. The van der Waals surface area contributed by atoms with Crippen LogP contribution < -0.4 is 5.32 Å². The lowest BCUT2D eigenvalue weighted by Gasteiger charge is -2.59. The minimum atomic E-state index is -0.197. The van der Waals surface area contributed by atoms with Gasteiger partial charge in [-0.2, -0.15) is 0 Å². The first kappa shape index (κ1) is 12.5. The van der Waals surface area contributed by atoms with Gasteiger partial charge in [-0.1, -0.05) is 11.8 Å². The van der Waals surface area contributed by atoms with Gasteiger partial charge in [-0.25, -0.2) is 0 Å². The molecule has 4 saturated carbocycles. The third-order valence-corrected chi connectivity index (χ3v) is 6.61. The van der Waals surface area contributed by atoms with Crippen LogP contribution in [0.4, 0.5) is 0 Å². The summed E-state index contributed by atoms with van der Waals surface area (Å²) in [5.41, 5.74) is -0.197. The summed E-state index contributed by atoms with van der Waals surface area (Å²) in [6, 6.07) is 0. The van der Waals surface area contributed by atoms with Crippen molar-refractivity contribution >= 4 is 34.4 Å². The summed E-state index contributed by atoms with van der Waals surface area (Å²) in [5, 5.41) is 3.89. The molecule has 4 aliphatic carbocycles. The maximum absolute atomic E-state index is 12.7. The first-order valence-electron chi connectivity index (χ1n) is 7.25. The summed E-state index contributed by atoms with van der Waals surface area (Å²) in [6.07, 6.45) is 6.49. The van der Waals surface area contributed by atoms with Crippen LogP contribution in [0.2, 0.25) is 0 Å². The van der Waals surface area contributed by atoms with Gasteiger partial charge >= 0.3 is 0 Å². The number of carbonyl (C=O) groups excluding carboxylic acids is 1. The van der Waals surface area contributed by atoms with E-state index in [1.807, 2.05) is 0 Å². The molecule has 1 amide bonds. The van der Waals surface area contributed by atoms with Gasteiger partial charge in [-0.05, 0) is 50.4 Å². The Bertz CT molecular complexity index is 450. The Hall–Kier alpha value is -0.220. The molecule has 0 aromatic heterocycles. The largest absolute Gasteiger partial charge is 0.305 e. The second-order valence-electron chi connectivity index (χ2n) is 6.88. The Balaban J connectivity index is 1.57. The van der Waals surface area contributed by atoms with Crippen LogP contribution in [0.15, 0.2) is 4.99 Å². The van der Waals surface area contributed by atoms with Crippen LogP contribution in [0, 0.1) is 17.3 Å². The quantitative estimate of drug-likeness (QED) is 0.756. The Kier molecular flexibility index (Phi) is 2.73. The van der Waals surface area contributed by atoms with E-state index >= 15 is 0 Å². The van der Waals surface area contributed by atoms with E-state index in [1.54, 1.807) is 11.8 Å². The van der Waals surface area contributed by atoms with E-state index < -0.39 is 0 Å². The van der Waals surface area contributed by atoms with Crippen molar-refractivity contribution < 1.29 is 4.79 Å². The van der Waals surface area contributed by atoms with Gasteiger partial charge in [0.1, 0.15) is 0 Å². The minimum Gasteiger partial charge on any atom is -0.305 e. The van der Waals surface area contributed by atoms with Crippen LogP contribution in [0.25, 0.3) is 0 Å². The first-order valence-corrected chi connectivity index (χ1v) is 8.61. The second-order valence-corrected chi connectivity index (χ2v) is 8.77. The van der Waals surface area contributed by atoms with Gasteiger partial charge < -0.3 is 5.32 Å². The molecule has 0 aromatic carbocycles. The van der Waals surface area contributed by atoms with Gasteiger partial charge in [-0.3, -0.25) is 9.79 Å². The Morgan fingerprint density at radius 1 is 1.32 bits per heavy atom. The van der Waals surface area contributed by atoms with Crippen LogP contribution in [0.1, 0.15) is 38.5 Å². The number of hydrogen-bond acceptors (Lipinski definition) is 3. The van der Waals surface area contributed by atoms with Gasteiger partial charge in [0.05, 0.1) is 12.0 Å². The normalized spacial score (nSPS) is 47.3. The number of aliphatic imine (C=N–C) groups is 1. The number of thioether (sulfide) groups is 1. The number of nitrogens with one attached hydrogen (secondary N) is 1. The molecule has 3 nitrogen and oxygen atoms in total. The molecule has 104 valence electrons. The second kappa shape index (κ2) is 4.14. The Morgan fingerprint density at radius 3 is 2.63 bits per heavy atom. The third-order valence-electron chi connectivity index (χ3n) is 5.28. The maximum atomic E-state index is 12.7. The highest BCUT2D eigenvalue weighted by molar-refractivity contribution is 8.14. The number of rotatable bonds is 1. The van der Waals surface area contributed by atoms with Crippen LogP contribution in [-0.4, -0.2) is 28.2 Å². The predicted octanol–water partition coefficient (Wildman–Crippen LogP) is 2.78. The molecule has 0 unspecified atom stereocenters. The number of amidine groups is 1. The number of alkyl halides is 1. The van der Waals surface area contributed by atoms with Gasteiger partial charge in [0.25, 0.3) is 0 Å². The molecule has 4 fully saturated rings. The maximum Gasteiger partial charge on any atom is 0.232 e. The van der Waals surface area contributed by atoms with Gasteiger partial charge in [0, 0.05) is 10.6 Å². The molecule has 0 aromatic rings. The monoisotopic (exact) mass is 298 g/mol. The summed E-state index contributed by atoms with van der Waals surface area (Å²) in [7, 11) is 0. The summed E-state index contributed by atoms with van der Waals surface area (Å²) in [4.78, 5) is 17.0. The van der Waals surface area contributed by atoms with E-state index in [9.17, 15) is 4.79 Å². The molecule has 2 atom stereocenters. The van der Waals surface area contributed by atoms with Crippen molar-refractivity contribution in [3.05, 3.63) is 0 Å². The number of nitrogens with zero attached hydrogens (tertiary/aromatic N) is 1. The Morgan fingerprint density at radius 2 is 2.05 bits per heavy atom. The molecule has 1 heterocycles. The topological polar surface area (TPSA) is 41.5 Å². The lowest BCUT2D eigenvalue weighted by atomic mass is 9.49. The van der Waals surface area contributed by atoms with Crippen LogP contribution in [-0.2, 0) is 4.79 Å². The van der Waals surface area contributed by atoms with E-state index in [-0.39, 0.29) is 16.2 Å². The fraction of sp³-hybridized carbons (Fsp3) is 0.857. The standard InChI is InChI=1S/C14H19ClN2OS/c15-14-6-9-3-10(7-14)5-13(4-9,8-14)11(18)17-12-16-1-2-19-12/h9-10H,1-8H2,(H,16,17,18)/t9-,10-,13?,14?/m0/s1. The third kappa shape index (κ3) is 2.02. The van der Waals surface area contributed by atoms with Crippen LogP contribution in [0.5, 0.6) is 0 Å². The molecule has 0 radical (unpaired) electrons. The van der Waals surface area contributed by atoms with Crippen molar-refractivity contribution in [2.45, 2.75) is 43.4 Å². The molecule has 5 heteroatoms. The lowest BCUT2D eigenvalue weighted by Crippen LogP contribution is -2.58. The van der Waals surface area contributed by atoms with Crippen LogP contribution >= 0.6 is 23.4 Å². The molecule has 1 aliphatic heterocycles. The van der Waals surface area contributed by atoms with Crippen molar-refractivity contribution in [3.8, 4) is 0 Å². The first-order chi connectivity index (χ1) is 9.07. The van der Waals surface area contributed by atoms with Crippen molar-refractivity contribution in [2.75, 3.05) is 12.3 Å². The van der Waals surface area contributed by atoms with Gasteiger partial charge in [0.2, 0.25) is 5.91 Å². The summed E-state index contributed by atoms with van der Waals surface area (Å²) >= 11 is 8.42. The highest BCUT2D eigenvalue weighted by atomic mass is 35.5. The van der Waals surface area contributed by atoms with E-state index in [2.05, 4.69) is 10.3 Å². The molecule has 1 N–H and O–H groups in total. The fourth-order valence-corrected chi connectivity index (χ4v) is 6.47. The molecule has 0 spiro atoms. The Labute approximate surface area is 122 Å². The van der Waals surface area contributed by atoms with Crippen molar-refractivity contribution in [3.63, 3.8) is 0 Å². The SMILES string of the molecule is O=C(NC1=NCCS1)C12C[C@@H]3C[C@H](CC(Cl)(C3)C1)C2. The van der Waals surface area contributed by atoms with E-state index in [1.165, 1.54) is 6.42 Å². The van der Waals surface area contributed by atoms with Crippen molar-refractivity contribution in [2.24, 2.45) is 22.2 Å². The zero-order valence-electron chi connectivity index (χ0n) is 11.0. The molecular weight excluding hydrogens is 280 g/mol. The summed E-state index contributed by atoms with van der Waals surface area (Å²) in [5.74, 6) is 2.53. The van der Waals surface area contributed by atoms with E-state index in [4.69, 9.17) is 11.6 Å². The zero-order chi connectivity index (χ0) is 13.1. The summed E-state index contributed by atoms with van der Waals surface area (Å²) < 4.78 is 0. The number of hydrogen-bond donors (Lipinski definition) is 1. The molecule has 5 rings (SSSR count). The molecule has 5 aliphatic rings. The van der Waals surface area contributed by atoms with E-state index in [0.717, 1.165) is 49.6 Å². The molecule has 19 heavy (non-hydrogen) atoms. The van der Waals surface area contributed by atoms with Crippen LogP contribution in [0.3, 0.4) is 0 Å². The van der Waals surface area contributed by atoms with Crippen molar-refractivity contribution in [1.29, 1.82) is 0 Å². The lowest BCUT2D eigenvalue weighted by molar-refractivity contribution is -0.142. The highest BCUT2D eigenvalue weighted by Gasteiger charge is 2.60. The average Bonchev–Trinajstić information content (AvgIpc) is 2.78. The minimum absolute atomic E-state index is 0.0912. The smallest absolute Gasteiger partial charge is 0.232 e. The predicted molar refractivity (Wildman–Crippen MR) is 78.6 cm³/mol. The van der Waals surface area contributed by atoms with Crippen molar-refractivity contribution in [1.82, 2.24) is 5.32 Å². The summed E-state index contributed by atoms with van der Waals surface area (Å²) in [6.45, 7) is 0.831. The fourth-order valence-electron chi connectivity index (χ4n) is 5.06. The number of amides is 1. The molecule has 4 bridgehead atoms. The average molecular weight is 299 g/mol. The number of carbonyl (C=O) groups is 1. The molecular formula is C14H19ClN2OS. The number of halogens is 1.